The second kappa shape index (κ2) is 12.4. The maximum absolute atomic E-state index is 15.3. The van der Waals surface area contributed by atoms with E-state index >= 15 is 39.5 Å². The van der Waals surface area contributed by atoms with Crippen molar-refractivity contribution in [1.29, 1.82) is 0 Å². The van der Waals surface area contributed by atoms with Crippen LogP contribution in [-0.2, 0) is 5.91 Å². The predicted molar refractivity (Wildman–Crippen MR) is 216 cm³/mol. The summed E-state index contributed by atoms with van der Waals surface area (Å²) in [5.74, 6) is -9.71. The standard InChI is InChI=1S/C49H51F9N4/c1-22-6-7-23(2)38(22)42-30-14-16-32-43(39-24(3)8-11-27(39)46(50,51)52)34-18-20-36-45(41-26(5)10-13-29(41)48(56,57)58)37-21-19-35-44(40-25(4)9-12-28(40)47(53,54)55)33-17-15-31(42)60(33)49(59(30)32,61(34)36)62(35)37/h14-29,38-41H,6-13H2,1-5H3/q+2. The van der Waals surface area contributed by atoms with E-state index < -0.39 is 59.9 Å². The monoisotopic (exact) mass is 866 g/mol. The fraction of sp³-hybridized carbons (Fsp3) is 0.592. The Morgan fingerprint density at radius 3 is 1.29 bits per heavy atom. The van der Waals surface area contributed by atoms with Crippen molar-refractivity contribution < 1.29 is 48.7 Å². The first-order valence-electron chi connectivity index (χ1n) is 22.9. The number of hydrogen-bond donors (Lipinski definition) is 0. The van der Waals surface area contributed by atoms with Crippen molar-refractivity contribution in [1.82, 2.24) is 9.13 Å². The Morgan fingerprint density at radius 2 is 0.806 bits per heavy atom. The van der Waals surface area contributed by atoms with Crippen LogP contribution < -0.4 is 10.7 Å². The molecular weight excluding hydrogens is 816 g/mol. The third-order valence-corrected chi connectivity index (χ3v) is 17.8. The van der Waals surface area contributed by atoms with E-state index in [1.807, 2.05) is 78.5 Å². The van der Waals surface area contributed by atoms with Gasteiger partial charge in [-0.3, -0.25) is 0 Å². The zero-order chi connectivity index (χ0) is 43.5. The molecule has 6 aliphatic heterocycles. The van der Waals surface area contributed by atoms with Gasteiger partial charge in [0.2, 0.25) is 22.8 Å². The molecule has 8 heterocycles. The molecule has 10 aliphatic rings. The number of hydrogen-bond acceptors (Lipinski definition) is 0. The molecule has 13 heteroatoms. The van der Waals surface area contributed by atoms with E-state index in [4.69, 9.17) is 0 Å². The summed E-state index contributed by atoms with van der Waals surface area (Å²) in [6, 6.07) is 7.35. The zero-order valence-corrected chi connectivity index (χ0v) is 35.4. The molecule has 12 unspecified atom stereocenters. The molecule has 0 bridgehead atoms. The number of rotatable bonds is 4. The molecular formula is C49H51F9N4+2. The lowest BCUT2D eigenvalue weighted by atomic mass is 9.78. The van der Waals surface area contributed by atoms with E-state index in [0.717, 1.165) is 29.8 Å². The van der Waals surface area contributed by atoms with Crippen LogP contribution in [0.4, 0.5) is 39.5 Å². The van der Waals surface area contributed by atoms with Gasteiger partial charge in [0.15, 0.2) is 0 Å². The highest BCUT2D eigenvalue weighted by Crippen LogP contribution is 2.61. The van der Waals surface area contributed by atoms with Crippen molar-refractivity contribution in [2.75, 3.05) is 0 Å². The van der Waals surface area contributed by atoms with Gasteiger partial charge in [0.25, 0.3) is 0 Å². The Morgan fingerprint density at radius 1 is 0.435 bits per heavy atom. The van der Waals surface area contributed by atoms with Crippen LogP contribution in [0, 0.1) is 71.0 Å². The quantitative estimate of drug-likeness (QED) is 0.215. The van der Waals surface area contributed by atoms with Gasteiger partial charge in [-0.2, -0.15) is 48.6 Å². The van der Waals surface area contributed by atoms with E-state index in [-0.39, 0.29) is 54.8 Å². The molecule has 2 aromatic rings. The summed E-state index contributed by atoms with van der Waals surface area (Å²) in [6.07, 6.45) is -2.57. The van der Waals surface area contributed by atoms with E-state index in [1.54, 1.807) is 0 Å². The number of aromatic nitrogens is 2. The molecule has 12 atom stereocenters. The SMILES string of the molecule is CC1CCC(C)C1C1=C2C=CC3=[N+]2C24n5c(ccc5C(C5C(C)CCC5C(F)(F)F)=c5ccc(n52)=C3C2C(C)CCC2C(F)(F)F)C(C2C(C)CCC2C(F)(F)F)=C2C=CC1=[N+]24. The Bertz CT molecular complexity index is 2700. The van der Waals surface area contributed by atoms with Crippen LogP contribution in [0.5, 0.6) is 0 Å². The largest absolute Gasteiger partial charge is 0.553 e. The summed E-state index contributed by atoms with van der Waals surface area (Å²) in [4.78, 5) is 0. The molecule has 0 aromatic carbocycles. The van der Waals surface area contributed by atoms with E-state index in [2.05, 4.69) is 23.0 Å². The van der Waals surface area contributed by atoms with Gasteiger partial charge >= 0.3 is 24.4 Å². The molecule has 12 rings (SSSR count). The van der Waals surface area contributed by atoms with Crippen molar-refractivity contribution in [3.63, 3.8) is 0 Å². The molecule has 0 radical (unpaired) electrons. The smallest absolute Gasteiger partial charge is 0.199 e. The fourth-order valence-electron chi connectivity index (χ4n) is 15.4. The van der Waals surface area contributed by atoms with Gasteiger partial charge < -0.3 is 0 Å². The maximum atomic E-state index is 15.3. The summed E-state index contributed by atoms with van der Waals surface area (Å²) in [6.45, 7) is 10.1. The number of nitrogens with zero attached hydrogens (tertiary/aromatic N) is 4. The zero-order valence-electron chi connectivity index (χ0n) is 35.4. The Hall–Kier alpha value is -4.03. The lowest BCUT2D eigenvalue weighted by Gasteiger charge is -2.44. The minimum atomic E-state index is -4.52. The Balaban J connectivity index is 1.27. The third kappa shape index (κ3) is 4.69. The highest BCUT2D eigenvalue weighted by Gasteiger charge is 2.75. The van der Waals surface area contributed by atoms with Gasteiger partial charge in [0.1, 0.15) is 0 Å². The molecule has 4 aliphatic carbocycles. The first kappa shape index (κ1) is 39.6. The van der Waals surface area contributed by atoms with Crippen LogP contribution in [0.25, 0.3) is 16.7 Å². The van der Waals surface area contributed by atoms with Gasteiger partial charge in [-0.15, -0.1) is 0 Å². The first-order valence-corrected chi connectivity index (χ1v) is 22.9. The van der Waals surface area contributed by atoms with Crippen molar-refractivity contribution in [3.8, 4) is 0 Å². The topological polar surface area (TPSA) is 15.9 Å². The van der Waals surface area contributed by atoms with Crippen LogP contribution in [-0.4, -0.2) is 48.2 Å². The van der Waals surface area contributed by atoms with Crippen molar-refractivity contribution in [2.24, 2.45) is 71.0 Å². The Kier molecular flexibility index (Phi) is 7.91. The fourth-order valence-corrected chi connectivity index (χ4v) is 15.4. The first-order chi connectivity index (χ1) is 29.3. The maximum Gasteiger partial charge on any atom is 0.553 e. The second-order valence-corrected chi connectivity index (χ2v) is 20.8. The summed E-state index contributed by atoms with van der Waals surface area (Å²) < 4.78 is 146. The molecule has 0 N–H and O–H groups in total. The average molecular weight is 867 g/mol. The third-order valence-electron chi connectivity index (χ3n) is 17.8. The van der Waals surface area contributed by atoms with Gasteiger partial charge in [0.05, 0.1) is 56.6 Å². The highest BCUT2D eigenvalue weighted by atomic mass is 19.4. The van der Waals surface area contributed by atoms with Gasteiger partial charge in [-0.05, 0) is 105 Å². The van der Waals surface area contributed by atoms with E-state index in [0.29, 0.717) is 69.5 Å². The molecule has 62 heavy (non-hydrogen) atoms. The molecule has 1 spiro atoms. The molecule has 0 saturated heterocycles. The number of alkyl halides is 9. The minimum Gasteiger partial charge on any atom is -0.199 e. The normalized spacial score (nSPS) is 39.2. The van der Waals surface area contributed by atoms with Crippen molar-refractivity contribution in [2.45, 2.75) is 110 Å². The highest BCUT2D eigenvalue weighted by molar-refractivity contribution is 6.24. The predicted octanol–water partition coefficient (Wildman–Crippen LogP) is 10.5. The van der Waals surface area contributed by atoms with E-state index in [1.165, 1.54) is 0 Å². The van der Waals surface area contributed by atoms with Gasteiger partial charge in [-0.1, -0.05) is 43.8 Å². The summed E-state index contributed by atoms with van der Waals surface area (Å²) in [5.41, 5.74) is 6.63. The summed E-state index contributed by atoms with van der Waals surface area (Å²) in [7, 11) is 0. The minimum absolute atomic E-state index is 0.0279. The van der Waals surface area contributed by atoms with Crippen LogP contribution in [0.3, 0.4) is 0 Å². The van der Waals surface area contributed by atoms with Crippen LogP contribution in [0.1, 0.15) is 97.4 Å². The molecule has 4 saturated carbocycles. The Labute approximate surface area is 354 Å². The lowest BCUT2D eigenvalue weighted by Crippen LogP contribution is -2.72. The molecule has 2 aromatic heterocycles. The van der Waals surface area contributed by atoms with Crippen molar-refractivity contribution >= 4 is 28.1 Å². The molecule has 0 amide bonds. The average Bonchev–Trinajstić information content (AvgIpc) is 4.04. The molecule has 328 valence electrons. The van der Waals surface area contributed by atoms with Gasteiger partial charge in [-0.25, -0.2) is 0 Å². The summed E-state index contributed by atoms with van der Waals surface area (Å²) in [5, 5.41) is 1.06. The number of allylic oxidation sites excluding steroid dienone is 6. The van der Waals surface area contributed by atoms with Crippen LogP contribution in [0.2, 0.25) is 0 Å². The van der Waals surface area contributed by atoms with E-state index in [9.17, 15) is 0 Å². The molecule has 4 nitrogen and oxygen atoms in total. The number of halogens is 9. The van der Waals surface area contributed by atoms with Crippen molar-refractivity contribution in [3.05, 3.63) is 87.6 Å². The van der Waals surface area contributed by atoms with Crippen LogP contribution >= 0.6 is 0 Å². The molecule has 4 fully saturated rings. The summed E-state index contributed by atoms with van der Waals surface area (Å²) >= 11 is 0. The van der Waals surface area contributed by atoms with Crippen LogP contribution in [0.15, 0.2) is 65.5 Å². The second-order valence-electron chi connectivity index (χ2n) is 20.8. The van der Waals surface area contributed by atoms with Gasteiger partial charge in [0, 0.05) is 53.5 Å². The lowest BCUT2D eigenvalue weighted by molar-refractivity contribution is -0.837.